The molecule has 9 heteroatoms. The number of amides is 1. The van der Waals surface area contributed by atoms with Gasteiger partial charge in [0.25, 0.3) is 11.7 Å². The SMILES string of the molecule is Cc1nn(C)c2ncc(C(=O)OCC(=O)Nc3ccc4c(c3)OC3(CCCC3)O4)cc12. The van der Waals surface area contributed by atoms with Gasteiger partial charge in [0.1, 0.15) is 0 Å². The van der Waals surface area contributed by atoms with Crippen molar-refractivity contribution in [3.05, 3.63) is 41.7 Å². The summed E-state index contributed by atoms with van der Waals surface area (Å²) >= 11 is 0. The smallest absolute Gasteiger partial charge is 0.340 e. The van der Waals surface area contributed by atoms with Crippen LogP contribution in [0, 0.1) is 6.92 Å². The van der Waals surface area contributed by atoms with E-state index in [2.05, 4.69) is 15.4 Å². The van der Waals surface area contributed by atoms with Gasteiger partial charge in [-0.3, -0.25) is 9.48 Å². The number of anilines is 1. The lowest BCUT2D eigenvalue weighted by atomic mass is 10.2. The molecule has 0 saturated heterocycles. The van der Waals surface area contributed by atoms with E-state index in [0.717, 1.165) is 36.8 Å². The average Bonchev–Trinajstić information content (AvgIpc) is 3.43. The second kappa shape index (κ2) is 7.26. The van der Waals surface area contributed by atoms with Gasteiger partial charge in [-0.05, 0) is 38.0 Å². The van der Waals surface area contributed by atoms with E-state index in [9.17, 15) is 9.59 Å². The minimum absolute atomic E-state index is 0.265. The zero-order chi connectivity index (χ0) is 21.6. The first-order chi connectivity index (χ1) is 14.9. The van der Waals surface area contributed by atoms with Crippen LogP contribution in [0.1, 0.15) is 41.7 Å². The predicted molar refractivity (Wildman–Crippen MR) is 111 cm³/mol. The third kappa shape index (κ3) is 3.56. The summed E-state index contributed by atoms with van der Waals surface area (Å²) in [6, 6.07) is 6.91. The zero-order valence-electron chi connectivity index (χ0n) is 17.3. The van der Waals surface area contributed by atoms with E-state index < -0.39 is 24.3 Å². The Kier molecular flexibility index (Phi) is 4.53. The molecular weight excluding hydrogens is 400 g/mol. The Bertz CT molecular complexity index is 1200. The molecule has 1 aliphatic heterocycles. The van der Waals surface area contributed by atoms with Crippen LogP contribution in [0.25, 0.3) is 11.0 Å². The molecule has 2 aliphatic rings. The summed E-state index contributed by atoms with van der Waals surface area (Å²) in [5.74, 6) is -0.332. The third-order valence-electron chi connectivity index (χ3n) is 5.62. The molecule has 3 heterocycles. The van der Waals surface area contributed by atoms with Gasteiger partial charge >= 0.3 is 5.97 Å². The Balaban J connectivity index is 1.20. The second-order valence-corrected chi connectivity index (χ2v) is 7.91. The van der Waals surface area contributed by atoms with E-state index >= 15 is 0 Å². The number of hydrogen-bond donors (Lipinski definition) is 1. The monoisotopic (exact) mass is 422 g/mol. The number of esters is 1. The van der Waals surface area contributed by atoms with Crippen LogP contribution in [0.4, 0.5) is 5.69 Å². The van der Waals surface area contributed by atoms with Gasteiger partial charge in [0.15, 0.2) is 23.8 Å². The third-order valence-corrected chi connectivity index (χ3v) is 5.62. The van der Waals surface area contributed by atoms with Crippen molar-refractivity contribution < 1.29 is 23.8 Å². The highest BCUT2D eigenvalue weighted by Crippen LogP contribution is 2.47. The molecular formula is C22H22N4O5. The fourth-order valence-electron chi connectivity index (χ4n) is 4.12. The molecule has 1 saturated carbocycles. The van der Waals surface area contributed by atoms with Crippen molar-refractivity contribution >= 4 is 28.6 Å². The number of nitrogens with zero attached hydrogens (tertiary/aromatic N) is 3. The Labute approximate surface area is 178 Å². The number of benzene rings is 1. The molecule has 1 fully saturated rings. The van der Waals surface area contributed by atoms with Crippen LogP contribution in [0.15, 0.2) is 30.5 Å². The van der Waals surface area contributed by atoms with Crippen molar-refractivity contribution in [2.45, 2.75) is 38.4 Å². The van der Waals surface area contributed by atoms with Crippen molar-refractivity contribution in [2.75, 3.05) is 11.9 Å². The number of aryl methyl sites for hydroxylation is 2. The average molecular weight is 422 g/mol. The normalized spacial score (nSPS) is 16.1. The molecule has 1 amide bonds. The van der Waals surface area contributed by atoms with Gasteiger partial charge in [-0.15, -0.1) is 0 Å². The molecule has 31 heavy (non-hydrogen) atoms. The maximum absolute atomic E-state index is 12.4. The van der Waals surface area contributed by atoms with Gasteiger partial charge in [0.2, 0.25) is 0 Å². The van der Waals surface area contributed by atoms with Gasteiger partial charge in [-0.25, -0.2) is 9.78 Å². The minimum Gasteiger partial charge on any atom is -0.452 e. The number of pyridine rings is 1. The number of rotatable bonds is 4. The predicted octanol–water partition coefficient (Wildman–Crippen LogP) is 3.11. The summed E-state index contributed by atoms with van der Waals surface area (Å²) in [5, 5.41) is 7.76. The summed E-state index contributed by atoms with van der Waals surface area (Å²) in [4.78, 5) is 28.9. The Hall–Kier alpha value is -3.62. The molecule has 0 radical (unpaired) electrons. The van der Waals surface area contributed by atoms with Gasteiger partial charge < -0.3 is 19.5 Å². The summed E-state index contributed by atoms with van der Waals surface area (Å²) in [6.45, 7) is 1.42. The molecule has 5 rings (SSSR count). The van der Waals surface area contributed by atoms with Crippen LogP contribution in [-0.2, 0) is 16.6 Å². The maximum Gasteiger partial charge on any atom is 0.340 e. The standard InChI is InChI=1S/C22H22N4O5/c1-13-16-9-14(11-23-20(16)26(2)25-13)21(28)29-12-19(27)24-15-5-6-17-18(10-15)31-22(30-17)7-3-4-8-22/h5-6,9-11H,3-4,7-8,12H2,1-2H3,(H,24,27). The summed E-state index contributed by atoms with van der Waals surface area (Å²) < 4.78 is 18.8. The molecule has 160 valence electrons. The second-order valence-electron chi connectivity index (χ2n) is 7.91. The molecule has 2 aromatic heterocycles. The molecule has 1 aliphatic carbocycles. The van der Waals surface area contributed by atoms with Gasteiger partial charge in [-0.2, -0.15) is 5.10 Å². The highest BCUT2D eigenvalue weighted by atomic mass is 16.7. The van der Waals surface area contributed by atoms with E-state index in [0.29, 0.717) is 22.8 Å². The molecule has 1 aromatic carbocycles. The molecule has 0 atom stereocenters. The van der Waals surface area contributed by atoms with Gasteiger partial charge in [-0.1, -0.05) is 0 Å². The molecule has 9 nitrogen and oxygen atoms in total. The van der Waals surface area contributed by atoms with Crippen LogP contribution in [-0.4, -0.2) is 39.0 Å². The number of ether oxygens (including phenoxy) is 3. The lowest BCUT2D eigenvalue weighted by Gasteiger charge is -2.21. The van der Waals surface area contributed by atoms with Crippen LogP contribution >= 0.6 is 0 Å². The van der Waals surface area contributed by atoms with E-state index in [1.165, 1.54) is 6.20 Å². The molecule has 1 N–H and O–H groups in total. The molecule has 0 unspecified atom stereocenters. The minimum atomic E-state index is -0.623. The first-order valence-corrected chi connectivity index (χ1v) is 10.2. The summed E-state index contributed by atoms with van der Waals surface area (Å²) in [7, 11) is 1.79. The van der Waals surface area contributed by atoms with Crippen molar-refractivity contribution in [3.8, 4) is 11.5 Å². The molecule has 0 bridgehead atoms. The lowest BCUT2D eigenvalue weighted by molar-refractivity contribution is -0.119. The molecule has 1 spiro atoms. The topological polar surface area (TPSA) is 105 Å². The number of carbonyl (C=O) groups excluding carboxylic acids is 2. The maximum atomic E-state index is 12.4. The number of carbonyl (C=O) groups is 2. The first-order valence-electron chi connectivity index (χ1n) is 10.2. The Morgan fingerprint density at radius 2 is 1.97 bits per heavy atom. The highest BCUT2D eigenvalue weighted by Gasteiger charge is 2.44. The number of aromatic nitrogens is 3. The summed E-state index contributed by atoms with van der Waals surface area (Å²) in [6.07, 6.45) is 5.29. The van der Waals surface area contributed by atoms with Crippen molar-refractivity contribution in [3.63, 3.8) is 0 Å². The number of fused-ring (bicyclic) bond motifs is 2. The molecule has 3 aromatic rings. The fraction of sp³-hybridized carbons (Fsp3) is 0.364. The van der Waals surface area contributed by atoms with E-state index in [4.69, 9.17) is 14.2 Å². The van der Waals surface area contributed by atoms with Gasteiger partial charge in [0.05, 0.1) is 11.3 Å². The number of hydrogen-bond acceptors (Lipinski definition) is 7. The van der Waals surface area contributed by atoms with Crippen LogP contribution in [0.5, 0.6) is 11.5 Å². The Morgan fingerprint density at radius 1 is 1.19 bits per heavy atom. The van der Waals surface area contributed by atoms with Crippen molar-refractivity contribution in [1.29, 1.82) is 0 Å². The lowest BCUT2D eigenvalue weighted by Crippen LogP contribution is -2.34. The largest absolute Gasteiger partial charge is 0.452 e. The van der Waals surface area contributed by atoms with Crippen molar-refractivity contribution in [1.82, 2.24) is 14.8 Å². The van der Waals surface area contributed by atoms with Crippen LogP contribution in [0.3, 0.4) is 0 Å². The van der Waals surface area contributed by atoms with Crippen molar-refractivity contribution in [2.24, 2.45) is 7.05 Å². The van der Waals surface area contributed by atoms with Crippen LogP contribution in [0.2, 0.25) is 0 Å². The fourth-order valence-corrected chi connectivity index (χ4v) is 4.12. The quantitative estimate of drug-likeness (QED) is 0.644. The first kappa shape index (κ1) is 19.3. The van der Waals surface area contributed by atoms with E-state index in [1.807, 2.05) is 6.92 Å². The highest BCUT2D eigenvalue weighted by molar-refractivity contribution is 5.97. The Morgan fingerprint density at radius 3 is 2.77 bits per heavy atom. The van der Waals surface area contributed by atoms with Crippen LogP contribution < -0.4 is 14.8 Å². The number of nitrogens with one attached hydrogen (secondary N) is 1. The summed E-state index contributed by atoms with van der Waals surface area (Å²) in [5.41, 5.74) is 2.25. The van der Waals surface area contributed by atoms with Gasteiger partial charge in [0, 0.05) is 43.2 Å². The van der Waals surface area contributed by atoms with E-state index in [-0.39, 0.29) is 5.56 Å². The zero-order valence-corrected chi connectivity index (χ0v) is 17.3. The van der Waals surface area contributed by atoms with E-state index in [1.54, 1.807) is 36.0 Å².